The normalized spacial score (nSPS) is 10.6. The van der Waals surface area contributed by atoms with E-state index in [2.05, 4.69) is 15.4 Å². The molecule has 2 aromatic heterocycles. The summed E-state index contributed by atoms with van der Waals surface area (Å²) >= 11 is 0. The Bertz CT molecular complexity index is 1040. The number of benzene rings is 2. The van der Waals surface area contributed by atoms with Gasteiger partial charge in [-0.2, -0.15) is 5.26 Å². The number of furan rings is 1. The van der Waals surface area contributed by atoms with Crippen LogP contribution in [0.2, 0.25) is 0 Å². The van der Waals surface area contributed by atoms with Crippen LogP contribution < -0.4 is 4.74 Å². The van der Waals surface area contributed by atoms with Crippen LogP contribution in [-0.4, -0.2) is 15.4 Å². The van der Waals surface area contributed by atoms with E-state index in [1.165, 1.54) is 0 Å². The van der Waals surface area contributed by atoms with Crippen molar-refractivity contribution in [2.75, 3.05) is 0 Å². The molecule has 0 radical (unpaired) electrons. The molecule has 0 aliphatic rings. The van der Waals surface area contributed by atoms with Crippen LogP contribution in [0.15, 0.2) is 59.2 Å². The second-order valence-corrected chi connectivity index (χ2v) is 5.26. The fourth-order valence-corrected chi connectivity index (χ4v) is 2.51. The van der Waals surface area contributed by atoms with Crippen LogP contribution in [0.5, 0.6) is 5.75 Å². The third-order valence-electron chi connectivity index (χ3n) is 3.69. The van der Waals surface area contributed by atoms with E-state index in [1.54, 1.807) is 6.26 Å². The number of rotatable bonds is 4. The minimum atomic E-state index is 0.344. The van der Waals surface area contributed by atoms with Gasteiger partial charge in [0.05, 0.1) is 6.26 Å². The Labute approximate surface area is 137 Å². The number of fused-ring (bicyclic) bond motifs is 1. The van der Waals surface area contributed by atoms with Crippen molar-refractivity contribution in [2.45, 2.75) is 6.61 Å². The number of nitrogens with zero attached hydrogens (tertiary/aromatic N) is 3. The average Bonchev–Trinajstić information content (AvgIpc) is 3.28. The standard InChI is InChI=1S/C18H12N4O2/c19-10-16-18(21-22-20-16)14-3-1-2-12(8-14)11-24-15-5-4-13-6-7-23-17(13)9-15/h1-9H,11H2,(H,20,21,22). The van der Waals surface area contributed by atoms with Crippen molar-refractivity contribution in [1.82, 2.24) is 15.4 Å². The summed E-state index contributed by atoms with van der Waals surface area (Å²) in [4.78, 5) is 0. The van der Waals surface area contributed by atoms with E-state index in [0.717, 1.165) is 27.8 Å². The molecule has 2 aromatic carbocycles. The molecule has 0 aliphatic heterocycles. The number of nitrogens with one attached hydrogen (secondary N) is 1. The molecule has 0 amide bonds. The van der Waals surface area contributed by atoms with Crippen molar-refractivity contribution in [3.8, 4) is 23.1 Å². The molecule has 6 nitrogen and oxygen atoms in total. The zero-order valence-electron chi connectivity index (χ0n) is 12.6. The average molecular weight is 316 g/mol. The molecule has 0 fully saturated rings. The molecule has 6 heteroatoms. The fraction of sp³-hybridized carbons (Fsp3) is 0.0556. The van der Waals surface area contributed by atoms with E-state index < -0.39 is 0 Å². The SMILES string of the molecule is N#Cc1[nH]nnc1-c1cccc(COc2ccc3ccoc3c2)c1. The first-order valence-electron chi connectivity index (χ1n) is 7.34. The number of hydrogen-bond donors (Lipinski definition) is 1. The van der Waals surface area contributed by atoms with E-state index in [0.29, 0.717) is 18.0 Å². The summed E-state index contributed by atoms with van der Waals surface area (Å²) in [6.07, 6.45) is 1.66. The van der Waals surface area contributed by atoms with Gasteiger partial charge in [0, 0.05) is 17.0 Å². The molecular weight excluding hydrogens is 304 g/mol. The fourth-order valence-electron chi connectivity index (χ4n) is 2.51. The van der Waals surface area contributed by atoms with Gasteiger partial charge in [0.15, 0.2) is 5.69 Å². The van der Waals surface area contributed by atoms with Gasteiger partial charge in [0.2, 0.25) is 0 Å². The Morgan fingerprint density at radius 3 is 3.04 bits per heavy atom. The Kier molecular flexibility index (Phi) is 3.45. The zero-order valence-corrected chi connectivity index (χ0v) is 12.6. The Balaban J connectivity index is 1.55. The minimum Gasteiger partial charge on any atom is -0.489 e. The Hall–Kier alpha value is -3.59. The number of H-pyrrole nitrogens is 1. The molecule has 4 aromatic rings. The van der Waals surface area contributed by atoms with E-state index in [-0.39, 0.29) is 0 Å². The molecule has 0 aliphatic carbocycles. The molecule has 0 saturated heterocycles. The topological polar surface area (TPSA) is 87.7 Å². The summed E-state index contributed by atoms with van der Waals surface area (Å²) in [5, 5.41) is 20.3. The number of aromatic amines is 1. The van der Waals surface area contributed by atoms with E-state index in [4.69, 9.17) is 14.4 Å². The van der Waals surface area contributed by atoms with Gasteiger partial charge in [0.25, 0.3) is 0 Å². The first kappa shape index (κ1) is 14.0. The maximum absolute atomic E-state index is 9.06. The minimum absolute atomic E-state index is 0.344. The van der Waals surface area contributed by atoms with E-state index >= 15 is 0 Å². The number of ether oxygens (including phenoxy) is 1. The molecule has 4 rings (SSSR count). The van der Waals surface area contributed by atoms with Crippen molar-refractivity contribution >= 4 is 11.0 Å². The first-order chi connectivity index (χ1) is 11.8. The summed E-state index contributed by atoms with van der Waals surface area (Å²) in [5.74, 6) is 0.738. The van der Waals surface area contributed by atoms with Crippen LogP contribution in [-0.2, 0) is 6.61 Å². The highest BCUT2D eigenvalue weighted by molar-refractivity contribution is 5.78. The lowest BCUT2D eigenvalue weighted by molar-refractivity contribution is 0.306. The van der Waals surface area contributed by atoms with Gasteiger partial charge in [-0.05, 0) is 29.8 Å². The van der Waals surface area contributed by atoms with E-state index in [9.17, 15) is 0 Å². The van der Waals surface area contributed by atoms with Crippen molar-refractivity contribution < 1.29 is 9.15 Å². The van der Waals surface area contributed by atoms with Crippen molar-refractivity contribution in [2.24, 2.45) is 0 Å². The first-order valence-corrected chi connectivity index (χ1v) is 7.34. The third-order valence-corrected chi connectivity index (χ3v) is 3.69. The molecule has 24 heavy (non-hydrogen) atoms. The summed E-state index contributed by atoms with van der Waals surface area (Å²) in [6, 6.07) is 17.4. The van der Waals surface area contributed by atoms with Gasteiger partial charge < -0.3 is 9.15 Å². The predicted octanol–water partition coefficient (Wildman–Crippen LogP) is 3.67. The third kappa shape index (κ3) is 2.59. The maximum atomic E-state index is 9.06. The van der Waals surface area contributed by atoms with Gasteiger partial charge in [0.1, 0.15) is 29.7 Å². The lowest BCUT2D eigenvalue weighted by Crippen LogP contribution is -1.96. The smallest absolute Gasteiger partial charge is 0.163 e. The monoisotopic (exact) mass is 316 g/mol. The van der Waals surface area contributed by atoms with Gasteiger partial charge in [-0.1, -0.05) is 23.4 Å². The Morgan fingerprint density at radius 2 is 2.12 bits per heavy atom. The number of aromatic nitrogens is 3. The van der Waals surface area contributed by atoms with Gasteiger partial charge in [-0.25, -0.2) is 5.10 Å². The summed E-state index contributed by atoms with van der Waals surface area (Å²) < 4.78 is 11.2. The van der Waals surface area contributed by atoms with E-state index in [1.807, 2.05) is 54.6 Å². The predicted molar refractivity (Wildman–Crippen MR) is 87.1 cm³/mol. The van der Waals surface area contributed by atoms with Crippen LogP contribution in [0.25, 0.3) is 22.2 Å². The quantitative estimate of drug-likeness (QED) is 0.620. The van der Waals surface area contributed by atoms with Gasteiger partial charge >= 0.3 is 0 Å². The molecule has 1 N–H and O–H groups in total. The molecule has 0 atom stereocenters. The van der Waals surface area contributed by atoms with Crippen LogP contribution in [0.3, 0.4) is 0 Å². The van der Waals surface area contributed by atoms with Crippen LogP contribution in [0.1, 0.15) is 11.3 Å². The zero-order chi connectivity index (χ0) is 16.4. The number of nitriles is 1. The lowest BCUT2D eigenvalue weighted by Gasteiger charge is -2.07. The summed E-state index contributed by atoms with van der Waals surface area (Å²) in [5.41, 5.74) is 3.47. The van der Waals surface area contributed by atoms with Crippen LogP contribution >= 0.6 is 0 Å². The molecule has 116 valence electrons. The molecule has 0 spiro atoms. The van der Waals surface area contributed by atoms with Crippen molar-refractivity contribution in [3.63, 3.8) is 0 Å². The maximum Gasteiger partial charge on any atom is 0.163 e. The molecule has 0 unspecified atom stereocenters. The highest BCUT2D eigenvalue weighted by atomic mass is 16.5. The van der Waals surface area contributed by atoms with Crippen molar-refractivity contribution in [1.29, 1.82) is 5.26 Å². The summed E-state index contributed by atoms with van der Waals surface area (Å²) in [6.45, 7) is 0.403. The largest absolute Gasteiger partial charge is 0.489 e. The Morgan fingerprint density at radius 1 is 1.17 bits per heavy atom. The van der Waals surface area contributed by atoms with Gasteiger partial charge in [-0.3, -0.25) is 0 Å². The molecule has 0 saturated carbocycles. The second kappa shape index (κ2) is 5.89. The summed E-state index contributed by atoms with van der Waals surface area (Å²) in [7, 11) is 0. The molecule has 0 bridgehead atoms. The van der Waals surface area contributed by atoms with Crippen molar-refractivity contribution in [3.05, 3.63) is 66.1 Å². The van der Waals surface area contributed by atoms with Crippen LogP contribution in [0.4, 0.5) is 0 Å². The van der Waals surface area contributed by atoms with Gasteiger partial charge in [-0.15, -0.1) is 5.10 Å². The second-order valence-electron chi connectivity index (χ2n) is 5.26. The van der Waals surface area contributed by atoms with Crippen LogP contribution in [0, 0.1) is 11.3 Å². The highest BCUT2D eigenvalue weighted by Gasteiger charge is 2.10. The number of hydrogen-bond acceptors (Lipinski definition) is 5. The highest BCUT2D eigenvalue weighted by Crippen LogP contribution is 2.24. The molecule has 2 heterocycles. The lowest BCUT2D eigenvalue weighted by atomic mass is 10.1. The molecular formula is C18H12N4O2.